The fraction of sp³-hybridized carbons (Fsp3) is 0.667. The topological polar surface area (TPSA) is 3.24 Å². The Morgan fingerprint density at radius 1 is 1.10 bits per heavy atom. The molecule has 4 rings (SSSR count). The summed E-state index contributed by atoms with van der Waals surface area (Å²) in [5, 5.41) is 0. The van der Waals surface area contributed by atoms with Crippen molar-refractivity contribution in [2.24, 2.45) is 17.8 Å². The minimum absolute atomic E-state index is 0.0464. The lowest BCUT2D eigenvalue weighted by atomic mass is 9.58. The van der Waals surface area contributed by atoms with Gasteiger partial charge in [0.2, 0.25) is 0 Å². The highest BCUT2D eigenvalue weighted by Crippen LogP contribution is 2.52. The first-order chi connectivity index (χ1) is 9.72. The van der Waals surface area contributed by atoms with E-state index in [0.29, 0.717) is 5.92 Å². The van der Waals surface area contributed by atoms with Crippen molar-refractivity contribution in [2.75, 3.05) is 20.1 Å². The molecule has 4 atom stereocenters. The first-order valence-corrected chi connectivity index (χ1v) is 8.19. The van der Waals surface area contributed by atoms with Crippen LogP contribution in [-0.4, -0.2) is 25.0 Å². The van der Waals surface area contributed by atoms with Gasteiger partial charge in [-0.05, 0) is 92.6 Å². The SMILES string of the molecule is CN1CCC2C(CCC3c4cc(F)ccc4CCC32)C1. The summed E-state index contributed by atoms with van der Waals surface area (Å²) in [6.07, 6.45) is 6.46. The van der Waals surface area contributed by atoms with Crippen LogP contribution in [0, 0.1) is 23.6 Å². The van der Waals surface area contributed by atoms with Crippen molar-refractivity contribution in [1.82, 2.24) is 4.90 Å². The Hall–Kier alpha value is -0.890. The number of aryl methyl sites for hydroxylation is 1. The molecule has 2 aliphatic carbocycles. The monoisotopic (exact) mass is 273 g/mol. The molecule has 1 saturated carbocycles. The summed E-state index contributed by atoms with van der Waals surface area (Å²) in [6.45, 7) is 2.53. The minimum atomic E-state index is -0.0464. The van der Waals surface area contributed by atoms with Crippen LogP contribution < -0.4 is 0 Å². The molecule has 1 saturated heterocycles. The van der Waals surface area contributed by atoms with Crippen LogP contribution in [0.4, 0.5) is 4.39 Å². The van der Waals surface area contributed by atoms with E-state index in [1.54, 1.807) is 6.07 Å². The van der Waals surface area contributed by atoms with E-state index in [0.717, 1.165) is 24.2 Å². The molecule has 0 bridgehead atoms. The number of nitrogens with zero attached hydrogens (tertiary/aromatic N) is 1. The van der Waals surface area contributed by atoms with E-state index in [2.05, 4.69) is 11.9 Å². The Labute approximate surface area is 121 Å². The molecule has 0 spiro atoms. The van der Waals surface area contributed by atoms with E-state index in [4.69, 9.17) is 0 Å². The van der Waals surface area contributed by atoms with Crippen LogP contribution in [0.2, 0.25) is 0 Å². The fourth-order valence-corrected chi connectivity index (χ4v) is 5.27. The van der Waals surface area contributed by atoms with Gasteiger partial charge in [0.25, 0.3) is 0 Å². The van der Waals surface area contributed by atoms with Crippen LogP contribution in [0.1, 0.15) is 42.7 Å². The number of fused-ring (bicyclic) bond motifs is 5. The minimum Gasteiger partial charge on any atom is -0.306 e. The quantitative estimate of drug-likeness (QED) is 0.694. The molecule has 2 fully saturated rings. The summed E-state index contributed by atoms with van der Waals surface area (Å²) in [5.41, 5.74) is 2.76. The highest BCUT2D eigenvalue weighted by Gasteiger charge is 2.43. The predicted octanol–water partition coefficient (Wildman–Crippen LogP) is 3.83. The van der Waals surface area contributed by atoms with Gasteiger partial charge in [-0.3, -0.25) is 0 Å². The number of hydrogen-bond donors (Lipinski definition) is 0. The largest absolute Gasteiger partial charge is 0.306 e. The zero-order valence-corrected chi connectivity index (χ0v) is 12.3. The molecule has 20 heavy (non-hydrogen) atoms. The molecule has 4 unspecified atom stereocenters. The van der Waals surface area contributed by atoms with Crippen LogP contribution >= 0.6 is 0 Å². The molecular weight excluding hydrogens is 249 g/mol. The van der Waals surface area contributed by atoms with Gasteiger partial charge in [0.05, 0.1) is 0 Å². The molecule has 108 valence electrons. The lowest BCUT2D eigenvalue weighted by Crippen LogP contribution is -2.46. The third-order valence-electron chi connectivity index (χ3n) is 6.17. The predicted molar refractivity (Wildman–Crippen MR) is 79.3 cm³/mol. The maximum Gasteiger partial charge on any atom is 0.123 e. The van der Waals surface area contributed by atoms with Crippen LogP contribution in [0.5, 0.6) is 0 Å². The number of piperidine rings is 1. The second kappa shape index (κ2) is 4.84. The number of halogens is 1. The lowest BCUT2D eigenvalue weighted by Gasteiger charge is -2.50. The highest BCUT2D eigenvalue weighted by atomic mass is 19.1. The Bertz CT molecular complexity index is 512. The molecule has 1 heterocycles. The van der Waals surface area contributed by atoms with Gasteiger partial charge in [0.1, 0.15) is 5.82 Å². The van der Waals surface area contributed by atoms with Crippen molar-refractivity contribution >= 4 is 0 Å². The van der Waals surface area contributed by atoms with E-state index in [1.165, 1.54) is 49.9 Å². The van der Waals surface area contributed by atoms with Crippen LogP contribution in [0.15, 0.2) is 18.2 Å². The Morgan fingerprint density at radius 3 is 2.90 bits per heavy atom. The average molecular weight is 273 g/mol. The number of hydrogen-bond acceptors (Lipinski definition) is 1. The molecule has 1 aliphatic heterocycles. The fourth-order valence-electron chi connectivity index (χ4n) is 5.27. The lowest BCUT2D eigenvalue weighted by molar-refractivity contribution is 0.0385. The van der Waals surface area contributed by atoms with Crippen molar-refractivity contribution in [3.63, 3.8) is 0 Å². The number of likely N-dealkylation sites (tertiary alicyclic amines) is 1. The van der Waals surface area contributed by atoms with Gasteiger partial charge >= 0.3 is 0 Å². The molecule has 1 aromatic rings. The summed E-state index contributed by atoms with van der Waals surface area (Å²) in [7, 11) is 2.26. The summed E-state index contributed by atoms with van der Waals surface area (Å²) in [5.74, 6) is 3.19. The maximum absolute atomic E-state index is 13.6. The molecule has 0 aromatic heterocycles. The molecule has 2 heteroatoms. The van der Waals surface area contributed by atoms with Crippen LogP contribution in [0.25, 0.3) is 0 Å². The Kier molecular flexibility index (Phi) is 3.10. The van der Waals surface area contributed by atoms with Crippen LogP contribution in [0.3, 0.4) is 0 Å². The average Bonchev–Trinajstić information content (AvgIpc) is 2.46. The van der Waals surface area contributed by atoms with E-state index in [1.807, 2.05) is 12.1 Å². The van der Waals surface area contributed by atoms with Crippen molar-refractivity contribution in [3.8, 4) is 0 Å². The Morgan fingerprint density at radius 2 is 2.00 bits per heavy atom. The normalized spacial score (nSPS) is 36.9. The third-order valence-corrected chi connectivity index (χ3v) is 6.17. The zero-order valence-electron chi connectivity index (χ0n) is 12.3. The second-order valence-electron chi connectivity index (χ2n) is 7.20. The van der Waals surface area contributed by atoms with Crippen molar-refractivity contribution in [3.05, 3.63) is 35.1 Å². The van der Waals surface area contributed by atoms with Gasteiger partial charge < -0.3 is 4.90 Å². The molecule has 3 aliphatic rings. The van der Waals surface area contributed by atoms with E-state index in [9.17, 15) is 4.39 Å². The van der Waals surface area contributed by atoms with E-state index in [-0.39, 0.29) is 5.82 Å². The number of rotatable bonds is 0. The van der Waals surface area contributed by atoms with Gasteiger partial charge in [-0.15, -0.1) is 0 Å². The van der Waals surface area contributed by atoms with Gasteiger partial charge in [0.15, 0.2) is 0 Å². The molecule has 0 amide bonds. The standard InChI is InChI=1S/C18H24FN/c1-20-9-8-15-13(11-20)4-7-17-16(15)6-3-12-2-5-14(19)10-18(12)17/h2,5,10,13,15-17H,3-4,6-9,11H2,1H3. The molecule has 1 aromatic carbocycles. The molecule has 1 nitrogen and oxygen atoms in total. The maximum atomic E-state index is 13.6. The summed E-state index contributed by atoms with van der Waals surface area (Å²) in [6, 6.07) is 5.50. The number of benzene rings is 1. The highest BCUT2D eigenvalue weighted by molar-refractivity contribution is 5.35. The molecule has 0 radical (unpaired) electrons. The molecular formula is C18H24FN. The zero-order chi connectivity index (χ0) is 13.7. The van der Waals surface area contributed by atoms with Crippen LogP contribution in [-0.2, 0) is 6.42 Å². The van der Waals surface area contributed by atoms with Gasteiger partial charge in [0, 0.05) is 6.54 Å². The molecule has 0 N–H and O–H groups in total. The first-order valence-electron chi connectivity index (χ1n) is 8.19. The third kappa shape index (κ3) is 2.00. The van der Waals surface area contributed by atoms with Crippen molar-refractivity contribution in [1.29, 1.82) is 0 Å². The Balaban J connectivity index is 1.65. The smallest absolute Gasteiger partial charge is 0.123 e. The van der Waals surface area contributed by atoms with E-state index < -0.39 is 0 Å². The van der Waals surface area contributed by atoms with Gasteiger partial charge in [-0.2, -0.15) is 0 Å². The summed E-state index contributed by atoms with van der Waals surface area (Å²) in [4.78, 5) is 2.50. The van der Waals surface area contributed by atoms with Crippen molar-refractivity contribution < 1.29 is 4.39 Å². The first kappa shape index (κ1) is 12.8. The van der Waals surface area contributed by atoms with Gasteiger partial charge in [-0.1, -0.05) is 6.07 Å². The second-order valence-corrected chi connectivity index (χ2v) is 7.20. The van der Waals surface area contributed by atoms with Crippen molar-refractivity contribution in [2.45, 2.75) is 38.0 Å². The van der Waals surface area contributed by atoms with Gasteiger partial charge in [-0.25, -0.2) is 4.39 Å². The summed E-state index contributed by atoms with van der Waals surface area (Å²) >= 11 is 0. The summed E-state index contributed by atoms with van der Waals surface area (Å²) < 4.78 is 13.6. The van der Waals surface area contributed by atoms with E-state index >= 15 is 0 Å².